The van der Waals surface area contributed by atoms with Crippen LogP contribution in [0.3, 0.4) is 0 Å². The summed E-state index contributed by atoms with van der Waals surface area (Å²) >= 11 is 0. The molecule has 1 saturated heterocycles. The first-order valence-corrected chi connectivity index (χ1v) is 8.33. The van der Waals surface area contributed by atoms with Crippen LogP contribution in [0.5, 0.6) is 5.75 Å². The summed E-state index contributed by atoms with van der Waals surface area (Å²) in [6.45, 7) is 7.09. The van der Waals surface area contributed by atoms with Gasteiger partial charge in [-0.3, -0.25) is 4.90 Å². The second-order valence-corrected chi connectivity index (χ2v) is 6.21. The third-order valence-corrected chi connectivity index (χ3v) is 4.90. The Hall–Kier alpha value is -2.14. The zero-order valence-electron chi connectivity index (χ0n) is 13.5. The van der Waals surface area contributed by atoms with Crippen LogP contribution in [0.15, 0.2) is 36.7 Å². The Balaban J connectivity index is 1.42. The van der Waals surface area contributed by atoms with Crippen molar-refractivity contribution in [1.29, 1.82) is 0 Å². The summed E-state index contributed by atoms with van der Waals surface area (Å²) in [6.07, 6.45) is 4.66. The molecular formula is C18H22N4O. The van der Waals surface area contributed by atoms with Gasteiger partial charge in [0.15, 0.2) is 0 Å². The van der Waals surface area contributed by atoms with Gasteiger partial charge in [0.05, 0.1) is 6.61 Å². The van der Waals surface area contributed by atoms with Crippen LogP contribution in [0, 0.1) is 0 Å². The van der Waals surface area contributed by atoms with E-state index in [9.17, 15) is 0 Å². The van der Waals surface area contributed by atoms with E-state index < -0.39 is 0 Å². The summed E-state index contributed by atoms with van der Waals surface area (Å²) in [5.41, 5.74) is 2.68. The minimum Gasteiger partial charge on any atom is -0.493 e. The molecular weight excluding hydrogens is 288 g/mol. The number of hydrogen-bond acceptors (Lipinski definition) is 5. The van der Waals surface area contributed by atoms with Crippen molar-refractivity contribution in [3.05, 3.63) is 47.8 Å². The molecule has 2 aliphatic heterocycles. The van der Waals surface area contributed by atoms with E-state index in [4.69, 9.17) is 4.74 Å². The van der Waals surface area contributed by atoms with Gasteiger partial charge in [-0.1, -0.05) is 12.1 Å². The number of nitrogens with zero attached hydrogens (tertiary/aromatic N) is 4. The number of fused-ring (bicyclic) bond motifs is 1. The van der Waals surface area contributed by atoms with Crippen molar-refractivity contribution in [2.45, 2.75) is 19.4 Å². The summed E-state index contributed by atoms with van der Waals surface area (Å²) in [4.78, 5) is 13.5. The molecule has 0 aliphatic carbocycles. The molecule has 5 heteroatoms. The van der Waals surface area contributed by atoms with Gasteiger partial charge >= 0.3 is 0 Å². The van der Waals surface area contributed by atoms with E-state index in [1.807, 2.05) is 18.5 Å². The lowest BCUT2D eigenvalue weighted by Crippen LogP contribution is -2.47. The number of piperazine rings is 1. The molecule has 23 heavy (non-hydrogen) atoms. The van der Waals surface area contributed by atoms with Crippen molar-refractivity contribution in [2.75, 3.05) is 37.7 Å². The zero-order chi connectivity index (χ0) is 15.6. The SMILES string of the molecule is C[C@@H](c1ccc2c(c1)OCC2)N1CCN(c2ncccn2)CC1. The van der Waals surface area contributed by atoms with E-state index in [1.165, 1.54) is 11.1 Å². The summed E-state index contributed by atoms with van der Waals surface area (Å²) in [6, 6.07) is 8.97. The number of anilines is 1. The first kappa shape index (κ1) is 14.5. The topological polar surface area (TPSA) is 41.5 Å². The summed E-state index contributed by atoms with van der Waals surface area (Å²) in [5.74, 6) is 1.91. The van der Waals surface area contributed by atoms with Gasteiger partial charge in [-0.2, -0.15) is 0 Å². The molecule has 5 nitrogen and oxygen atoms in total. The first-order valence-electron chi connectivity index (χ1n) is 8.33. The van der Waals surface area contributed by atoms with Gasteiger partial charge in [-0.15, -0.1) is 0 Å². The molecule has 4 rings (SSSR count). The molecule has 1 fully saturated rings. The van der Waals surface area contributed by atoms with Crippen molar-refractivity contribution in [2.24, 2.45) is 0 Å². The van der Waals surface area contributed by atoms with Crippen LogP contribution in [-0.2, 0) is 6.42 Å². The summed E-state index contributed by atoms with van der Waals surface area (Å²) in [5, 5.41) is 0. The Bertz CT molecular complexity index is 668. The lowest BCUT2D eigenvalue weighted by Gasteiger charge is -2.38. The van der Waals surface area contributed by atoms with Crippen molar-refractivity contribution in [1.82, 2.24) is 14.9 Å². The number of rotatable bonds is 3. The van der Waals surface area contributed by atoms with Crippen molar-refractivity contribution < 1.29 is 4.74 Å². The molecule has 1 atom stereocenters. The maximum atomic E-state index is 5.71. The molecule has 0 amide bonds. The Labute approximate surface area is 136 Å². The lowest BCUT2D eigenvalue weighted by atomic mass is 10.0. The van der Waals surface area contributed by atoms with Crippen LogP contribution in [0.25, 0.3) is 0 Å². The van der Waals surface area contributed by atoms with E-state index in [1.54, 1.807) is 0 Å². The maximum Gasteiger partial charge on any atom is 0.225 e. The Morgan fingerprint density at radius 2 is 1.87 bits per heavy atom. The monoisotopic (exact) mass is 310 g/mol. The van der Waals surface area contributed by atoms with Gasteiger partial charge in [-0.25, -0.2) is 9.97 Å². The van der Waals surface area contributed by atoms with Crippen molar-refractivity contribution in [3.8, 4) is 5.75 Å². The average molecular weight is 310 g/mol. The van der Waals surface area contributed by atoms with Gasteiger partial charge in [0.25, 0.3) is 0 Å². The summed E-state index contributed by atoms with van der Waals surface area (Å²) < 4.78 is 5.71. The lowest BCUT2D eigenvalue weighted by molar-refractivity contribution is 0.197. The molecule has 0 saturated carbocycles. The first-order chi connectivity index (χ1) is 11.3. The third-order valence-electron chi connectivity index (χ3n) is 4.90. The zero-order valence-corrected chi connectivity index (χ0v) is 13.5. The molecule has 120 valence electrons. The number of ether oxygens (including phenoxy) is 1. The van der Waals surface area contributed by atoms with E-state index >= 15 is 0 Å². The number of hydrogen-bond donors (Lipinski definition) is 0. The van der Waals surface area contributed by atoms with Gasteiger partial charge < -0.3 is 9.64 Å². The van der Waals surface area contributed by atoms with Crippen LogP contribution >= 0.6 is 0 Å². The minimum absolute atomic E-state index is 0.406. The minimum atomic E-state index is 0.406. The maximum absolute atomic E-state index is 5.71. The fourth-order valence-electron chi connectivity index (χ4n) is 3.42. The van der Waals surface area contributed by atoms with E-state index in [2.05, 4.69) is 44.9 Å². The Morgan fingerprint density at radius 3 is 2.65 bits per heavy atom. The summed E-state index contributed by atoms with van der Waals surface area (Å²) in [7, 11) is 0. The smallest absolute Gasteiger partial charge is 0.225 e. The highest BCUT2D eigenvalue weighted by Gasteiger charge is 2.24. The van der Waals surface area contributed by atoms with E-state index in [0.717, 1.165) is 50.9 Å². The molecule has 1 aromatic heterocycles. The predicted molar refractivity (Wildman–Crippen MR) is 89.9 cm³/mol. The molecule has 0 radical (unpaired) electrons. The molecule has 0 bridgehead atoms. The number of benzene rings is 1. The van der Waals surface area contributed by atoms with Gasteiger partial charge in [0.2, 0.25) is 5.95 Å². The van der Waals surface area contributed by atoms with Crippen molar-refractivity contribution in [3.63, 3.8) is 0 Å². The van der Waals surface area contributed by atoms with Gasteiger partial charge in [0, 0.05) is 51.0 Å². The molecule has 0 spiro atoms. The highest BCUT2D eigenvalue weighted by Crippen LogP contribution is 2.31. The largest absolute Gasteiger partial charge is 0.493 e. The Morgan fingerprint density at radius 1 is 1.09 bits per heavy atom. The molecule has 2 aliphatic rings. The van der Waals surface area contributed by atoms with E-state index in [-0.39, 0.29) is 0 Å². The predicted octanol–water partition coefficient (Wildman–Crippen LogP) is 2.29. The fourth-order valence-corrected chi connectivity index (χ4v) is 3.42. The van der Waals surface area contributed by atoms with Crippen molar-refractivity contribution >= 4 is 5.95 Å². The Kier molecular flexibility index (Phi) is 3.87. The molecule has 1 aromatic carbocycles. The molecule has 0 N–H and O–H groups in total. The molecule has 3 heterocycles. The fraction of sp³-hybridized carbons (Fsp3) is 0.444. The highest BCUT2D eigenvalue weighted by atomic mass is 16.5. The highest BCUT2D eigenvalue weighted by molar-refractivity contribution is 5.41. The second-order valence-electron chi connectivity index (χ2n) is 6.21. The average Bonchev–Trinajstić information content (AvgIpc) is 3.10. The quantitative estimate of drug-likeness (QED) is 0.870. The molecule has 2 aromatic rings. The standard InChI is InChI=1S/C18H22N4O/c1-14(16-4-3-15-5-12-23-17(15)13-16)21-8-10-22(11-9-21)18-19-6-2-7-20-18/h2-4,6-7,13-14H,5,8-12H2,1H3/t14-/m0/s1. The van der Waals surface area contributed by atoms with Crippen LogP contribution in [0.1, 0.15) is 24.1 Å². The van der Waals surface area contributed by atoms with Crippen LogP contribution in [0.4, 0.5) is 5.95 Å². The van der Waals surface area contributed by atoms with Crippen LogP contribution in [-0.4, -0.2) is 47.7 Å². The third kappa shape index (κ3) is 2.88. The molecule has 0 unspecified atom stereocenters. The van der Waals surface area contributed by atoms with Gasteiger partial charge in [0.1, 0.15) is 5.75 Å². The van der Waals surface area contributed by atoms with Gasteiger partial charge in [-0.05, 0) is 30.2 Å². The van der Waals surface area contributed by atoms with Crippen LogP contribution in [0.2, 0.25) is 0 Å². The normalized spacial score (nSPS) is 19.3. The van der Waals surface area contributed by atoms with E-state index in [0.29, 0.717) is 6.04 Å². The van der Waals surface area contributed by atoms with Crippen LogP contribution < -0.4 is 9.64 Å². The number of aromatic nitrogens is 2. The second kappa shape index (κ2) is 6.16.